The van der Waals surface area contributed by atoms with Gasteiger partial charge in [-0.15, -0.1) is 0 Å². The van der Waals surface area contributed by atoms with Crippen LogP contribution < -0.4 is 10.6 Å². The van der Waals surface area contributed by atoms with Gasteiger partial charge in [-0.3, -0.25) is 5.32 Å². The lowest BCUT2D eigenvalue weighted by Crippen LogP contribution is -2.33. The third-order valence-corrected chi connectivity index (χ3v) is 3.82. The van der Waals surface area contributed by atoms with Crippen LogP contribution in [0.25, 0.3) is 10.2 Å². The van der Waals surface area contributed by atoms with E-state index in [0.29, 0.717) is 18.1 Å². The minimum absolute atomic E-state index is 0.233. The molecule has 6 heteroatoms. The van der Waals surface area contributed by atoms with Crippen molar-refractivity contribution in [1.29, 1.82) is 0 Å². The highest BCUT2D eigenvalue weighted by Gasteiger charge is 2.10. The highest BCUT2D eigenvalue weighted by molar-refractivity contribution is 7.22. The number of amides is 2. The first-order chi connectivity index (χ1) is 9.54. The number of urea groups is 1. The summed E-state index contributed by atoms with van der Waals surface area (Å²) in [7, 11) is 0. The van der Waals surface area contributed by atoms with Crippen molar-refractivity contribution >= 4 is 32.7 Å². The van der Waals surface area contributed by atoms with Crippen LogP contribution in [-0.4, -0.2) is 28.8 Å². The molecule has 2 rings (SSSR count). The fourth-order valence-corrected chi connectivity index (χ4v) is 2.86. The fraction of sp³-hybridized carbons (Fsp3) is 0.429. The number of benzene rings is 1. The van der Waals surface area contributed by atoms with Crippen LogP contribution in [0.15, 0.2) is 24.3 Å². The quantitative estimate of drug-likeness (QED) is 0.793. The molecule has 2 aromatic rings. The molecule has 0 aliphatic carbocycles. The number of hydrogen-bond donors (Lipinski definition) is 3. The Hall–Kier alpha value is -1.66. The van der Waals surface area contributed by atoms with E-state index in [0.717, 1.165) is 10.2 Å². The zero-order valence-corrected chi connectivity index (χ0v) is 12.4. The van der Waals surface area contributed by atoms with Crippen LogP contribution >= 0.6 is 11.3 Å². The molecule has 0 saturated heterocycles. The Bertz CT molecular complexity index is 550. The number of carbonyl (C=O) groups excluding carboxylic acids is 1. The summed E-state index contributed by atoms with van der Waals surface area (Å²) in [4.78, 5) is 16.1. The van der Waals surface area contributed by atoms with Gasteiger partial charge in [0.15, 0.2) is 5.13 Å². The van der Waals surface area contributed by atoms with Gasteiger partial charge < -0.3 is 10.4 Å². The van der Waals surface area contributed by atoms with Crippen LogP contribution in [0.4, 0.5) is 9.93 Å². The van der Waals surface area contributed by atoms with Gasteiger partial charge in [0.2, 0.25) is 0 Å². The molecular weight excluding hydrogens is 274 g/mol. The smallest absolute Gasteiger partial charge is 0.321 e. The molecule has 1 heterocycles. The van der Waals surface area contributed by atoms with E-state index in [9.17, 15) is 9.90 Å². The minimum atomic E-state index is -0.348. The topological polar surface area (TPSA) is 74.2 Å². The first kappa shape index (κ1) is 14.7. The molecule has 5 nitrogen and oxygen atoms in total. The van der Waals surface area contributed by atoms with E-state index in [2.05, 4.69) is 15.6 Å². The van der Waals surface area contributed by atoms with Crippen LogP contribution in [0.2, 0.25) is 0 Å². The Balaban J connectivity index is 1.85. The number of aromatic nitrogens is 1. The Morgan fingerprint density at radius 3 is 2.85 bits per heavy atom. The van der Waals surface area contributed by atoms with Gasteiger partial charge in [-0.2, -0.15) is 0 Å². The number of fused-ring (bicyclic) bond motifs is 1. The Morgan fingerprint density at radius 2 is 2.15 bits per heavy atom. The molecule has 2 atom stereocenters. The summed E-state index contributed by atoms with van der Waals surface area (Å²) in [5, 5.41) is 15.4. The molecule has 0 spiro atoms. The lowest BCUT2D eigenvalue weighted by Gasteiger charge is -2.14. The second-order valence-corrected chi connectivity index (χ2v) is 6.04. The van der Waals surface area contributed by atoms with Gasteiger partial charge in [-0.05, 0) is 31.4 Å². The summed E-state index contributed by atoms with van der Waals surface area (Å²) in [5.74, 6) is 0.233. The minimum Gasteiger partial charge on any atom is -0.393 e. The number of carbonyl (C=O) groups is 1. The Labute approximate surface area is 122 Å². The first-order valence-corrected chi connectivity index (χ1v) is 7.44. The van der Waals surface area contributed by atoms with E-state index in [1.165, 1.54) is 11.3 Å². The van der Waals surface area contributed by atoms with E-state index in [1.807, 2.05) is 31.2 Å². The number of rotatable bonds is 5. The average Bonchev–Trinajstić information content (AvgIpc) is 2.77. The van der Waals surface area contributed by atoms with E-state index >= 15 is 0 Å². The second kappa shape index (κ2) is 6.67. The van der Waals surface area contributed by atoms with E-state index < -0.39 is 0 Å². The van der Waals surface area contributed by atoms with Crippen molar-refractivity contribution in [3.05, 3.63) is 24.3 Å². The fourth-order valence-electron chi connectivity index (χ4n) is 2.00. The molecule has 0 fully saturated rings. The van der Waals surface area contributed by atoms with Crippen LogP contribution in [0.5, 0.6) is 0 Å². The molecule has 1 aromatic carbocycles. The molecule has 2 unspecified atom stereocenters. The molecule has 0 radical (unpaired) electrons. The monoisotopic (exact) mass is 293 g/mol. The summed E-state index contributed by atoms with van der Waals surface area (Å²) >= 11 is 1.45. The zero-order chi connectivity index (χ0) is 14.5. The van der Waals surface area contributed by atoms with E-state index in [4.69, 9.17) is 0 Å². The van der Waals surface area contributed by atoms with E-state index in [1.54, 1.807) is 6.92 Å². The number of para-hydroxylation sites is 1. The Morgan fingerprint density at radius 1 is 1.40 bits per heavy atom. The number of nitrogens with one attached hydrogen (secondary N) is 2. The van der Waals surface area contributed by atoms with Crippen molar-refractivity contribution in [2.75, 3.05) is 11.9 Å². The first-order valence-electron chi connectivity index (χ1n) is 6.63. The molecule has 0 aliphatic heterocycles. The van der Waals surface area contributed by atoms with Gasteiger partial charge in [0.25, 0.3) is 0 Å². The molecule has 2 amide bonds. The van der Waals surface area contributed by atoms with Gasteiger partial charge in [-0.25, -0.2) is 9.78 Å². The summed E-state index contributed by atoms with van der Waals surface area (Å²) < 4.78 is 1.05. The molecule has 1 aromatic heterocycles. The van der Waals surface area contributed by atoms with Gasteiger partial charge in [0.1, 0.15) is 0 Å². The summed E-state index contributed by atoms with van der Waals surface area (Å²) in [6.07, 6.45) is 0.320. The lowest BCUT2D eigenvalue weighted by molar-refractivity contribution is 0.163. The Kier molecular flexibility index (Phi) is 4.92. The summed E-state index contributed by atoms with van der Waals surface area (Å²) in [6.45, 7) is 4.27. The van der Waals surface area contributed by atoms with Crippen molar-refractivity contribution in [1.82, 2.24) is 10.3 Å². The lowest BCUT2D eigenvalue weighted by atomic mass is 10.1. The number of aliphatic hydroxyl groups excluding tert-OH is 1. The maximum Gasteiger partial charge on any atom is 0.321 e. The number of nitrogens with zero attached hydrogens (tertiary/aromatic N) is 1. The maximum absolute atomic E-state index is 11.8. The van der Waals surface area contributed by atoms with Crippen LogP contribution in [0, 0.1) is 5.92 Å². The van der Waals surface area contributed by atoms with Gasteiger partial charge >= 0.3 is 6.03 Å². The molecule has 0 saturated carbocycles. The molecular formula is C14H19N3O2S. The van der Waals surface area contributed by atoms with Crippen molar-refractivity contribution < 1.29 is 9.90 Å². The normalized spacial score (nSPS) is 13.9. The number of anilines is 1. The predicted molar refractivity (Wildman–Crippen MR) is 82.1 cm³/mol. The predicted octanol–water partition coefficient (Wildman–Crippen LogP) is 2.82. The van der Waals surface area contributed by atoms with E-state index in [-0.39, 0.29) is 18.1 Å². The standard InChI is InChI=1S/C14H19N3O2S/c1-9(7-10(2)18)8-15-13(19)17-14-16-11-5-3-4-6-12(11)20-14/h3-6,9-10,18H,7-8H2,1-2H3,(H2,15,16,17,19). The van der Waals surface area contributed by atoms with Crippen LogP contribution in [-0.2, 0) is 0 Å². The summed E-state index contributed by atoms with van der Waals surface area (Å²) in [5.41, 5.74) is 0.885. The number of hydrogen-bond acceptors (Lipinski definition) is 4. The molecule has 0 aliphatic rings. The zero-order valence-electron chi connectivity index (χ0n) is 11.6. The largest absolute Gasteiger partial charge is 0.393 e. The van der Waals surface area contributed by atoms with Crippen molar-refractivity contribution in [3.63, 3.8) is 0 Å². The van der Waals surface area contributed by atoms with Crippen LogP contribution in [0.1, 0.15) is 20.3 Å². The van der Waals surface area contributed by atoms with Crippen LogP contribution in [0.3, 0.4) is 0 Å². The van der Waals surface area contributed by atoms with Gasteiger partial charge in [-0.1, -0.05) is 30.4 Å². The SMILES string of the molecule is CC(O)CC(C)CNC(=O)Nc1nc2ccccc2s1. The molecule has 20 heavy (non-hydrogen) atoms. The number of thiazole rings is 1. The molecule has 0 bridgehead atoms. The van der Waals surface area contributed by atoms with Gasteiger partial charge in [0, 0.05) is 6.54 Å². The summed E-state index contributed by atoms with van der Waals surface area (Å²) in [6, 6.07) is 7.49. The number of aliphatic hydroxyl groups is 1. The maximum atomic E-state index is 11.8. The van der Waals surface area contributed by atoms with Crippen molar-refractivity contribution in [2.45, 2.75) is 26.4 Å². The highest BCUT2D eigenvalue weighted by Crippen LogP contribution is 2.25. The molecule has 3 N–H and O–H groups in total. The highest BCUT2D eigenvalue weighted by atomic mass is 32.1. The van der Waals surface area contributed by atoms with Gasteiger partial charge in [0.05, 0.1) is 16.3 Å². The van der Waals surface area contributed by atoms with Crippen molar-refractivity contribution in [3.8, 4) is 0 Å². The third-order valence-electron chi connectivity index (χ3n) is 2.87. The average molecular weight is 293 g/mol. The second-order valence-electron chi connectivity index (χ2n) is 5.01. The van der Waals surface area contributed by atoms with Crippen molar-refractivity contribution in [2.24, 2.45) is 5.92 Å². The molecule has 108 valence electrons. The third kappa shape index (κ3) is 4.18.